The number of carbonyl (C=O) groups excluding carboxylic acids is 1. The fraction of sp³-hybridized carbons (Fsp3) is 0.0556. The van der Waals surface area contributed by atoms with Gasteiger partial charge in [-0.05, 0) is 60.3 Å². The van der Waals surface area contributed by atoms with Crippen LogP contribution in [-0.4, -0.2) is 17.7 Å². The molecule has 0 saturated carbocycles. The molecule has 3 rings (SSSR count). The number of halogens is 2. The van der Waals surface area contributed by atoms with Crippen molar-refractivity contribution in [2.75, 3.05) is 6.61 Å². The molecule has 2 aromatic carbocycles. The molecule has 0 atom stereocenters. The van der Waals surface area contributed by atoms with Crippen LogP contribution in [0, 0.1) is 17.1 Å². The number of ether oxygens (including phenoxy) is 1. The van der Waals surface area contributed by atoms with Crippen LogP contribution < -0.4 is 10.1 Å². The lowest BCUT2D eigenvalue weighted by Gasteiger charge is -2.07. The first-order valence-corrected chi connectivity index (χ1v) is 9.00. The lowest BCUT2D eigenvalue weighted by atomic mass is 10.2. The number of nitrogens with one attached hydrogen (secondary N) is 1. The van der Waals surface area contributed by atoms with Crippen LogP contribution in [-0.2, 0) is 4.79 Å². The Bertz CT molecular complexity index is 952. The summed E-state index contributed by atoms with van der Waals surface area (Å²) in [5.41, 5.74) is 1.20. The Morgan fingerprint density at radius 2 is 2.08 bits per heavy atom. The summed E-state index contributed by atoms with van der Waals surface area (Å²) in [6, 6.07) is 12.9. The summed E-state index contributed by atoms with van der Waals surface area (Å²) in [7, 11) is 0. The average molecular weight is 432 g/mol. The molecule has 1 N–H and O–H groups in total. The highest BCUT2D eigenvalue weighted by atomic mass is 79.9. The van der Waals surface area contributed by atoms with Gasteiger partial charge in [0.25, 0.3) is 5.91 Å². The van der Waals surface area contributed by atoms with Crippen LogP contribution in [0.15, 0.2) is 56.8 Å². The second kappa shape index (κ2) is 8.17. The molecule has 26 heavy (non-hydrogen) atoms. The molecule has 1 aliphatic rings. The van der Waals surface area contributed by atoms with Crippen molar-refractivity contribution in [3.63, 3.8) is 0 Å². The van der Waals surface area contributed by atoms with Gasteiger partial charge in [0.05, 0.1) is 10.6 Å². The normalized spacial score (nSPS) is 16.6. The van der Waals surface area contributed by atoms with E-state index in [1.165, 1.54) is 36.0 Å². The Kier molecular flexibility index (Phi) is 5.71. The van der Waals surface area contributed by atoms with Gasteiger partial charge in [0.2, 0.25) is 0 Å². The summed E-state index contributed by atoms with van der Waals surface area (Å²) in [6.45, 7) is -0.0889. The van der Waals surface area contributed by atoms with E-state index in [0.717, 1.165) is 4.47 Å². The highest BCUT2D eigenvalue weighted by Gasteiger charge is 2.24. The number of hydrogen-bond donors (Lipinski definition) is 1. The number of rotatable bonds is 4. The summed E-state index contributed by atoms with van der Waals surface area (Å²) >= 11 is 4.55. The quantitative estimate of drug-likeness (QED) is 0.728. The molecule has 130 valence electrons. The van der Waals surface area contributed by atoms with Crippen molar-refractivity contribution in [3.8, 4) is 11.8 Å². The topological polar surface area (TPSA) is 74.5 Å². The van der Waals surface area contributed by atoms with Crippen molar-refractivity contribution in [1.29, 1.82) is 5.26 Å². The lowest BCUT2D eigenvalue weighted by molar-refractivity contribution is -0.115. The highest BCUT2D eigenvalue weighted by molar-refractivity contribution is 9.10. The molecule has 2 aromatic rings. The molecule has 1 aliphatic heterocycles. The molecule has 0 bridgehead atoms. The van der Waals surface area contributed by atoms with E-state index in [-0.39, 0.29) is 18.3 Å². The van der Waals surface area contributed by atoms with Crippen LogP contribution in [0.25, 0.3) is 6.08 Å². The SMILES string of the molecule is N#CCOc1ccc(Br)cc1/C=C1/SC(=Nc2ccc(F)cc2)NC1=O. The third-order valence-corrected chi connectivity index (χ3v) is 4.66. The van der Waals surface area contributed by atoms with Gasteiger partial charge in [-0.2, -0.15) is 5.26 Å². The Morgan fingerprint density at radius 3 is 2.81 bits per heavy atom. The number of hydrogen-bond acceptors (Lipinski definition) is 5. The molecule has 8 heteroatoms. The molecule has 0 spiro atoms. The maximum Gasteiger partial charge on any atom is 0.264 e. The van der Waals surface area contributed by atoms with Gasteiger partial charge in [-0.25, -0.2) is 9.38 Å². The van der Waals surface area contributed by atoms with E-state index >= 15 is 0 Å². The van der Waals surface area contributed by atoms with Gasteiger partial charge in [0.15, 0.2) is 11.8 Å². The number of nitrogens with zero attached hydrogens (tertiary/aromatic N) is 2. The molecule has 5 nitrogen and oxygen atoms in total. The minimum absolute atomic E-state index is 0.0889. The molecule has 1 saturated heterocycles. The molecule has 0 aromatic heterocycles. The Morgan fingerprint density at radius 1 is 1.31 bits per heavy atom. The molecule has 1 heterocycles. The minimum Gasteiger partial charge on any atom is -0.478 e. The van der Waals surface area contributed by atoms with Gasteiger partial charge in [0.1, 0.15) is 17.6 Å². The van der Waals surface area contributed by atoms with Gasteiger partial charge >= 0.3 is 0 Å². The largest absolute Gasteiger partial charge is 0.478 e. The first kappa shape index (κ1) is 18.2. The van der Waals surface area contributed by atoms with Crippen molar-refractivity contribution in [2.45, 2.75) is 0 Å². The highest BCUT2D eigenvalue weighted by Crippen LogP contribution is 2.32. The van der Waals surface area contributed by atoms with Gasteiger partial charge in [-0.15, -0.1) is 0 Å². The zero-order chi connectivity index (χ0) is 18.5. The van der Waals surface area contributed by atoms with Crippen molar-refractivity contribution >= 4 is 50.5 Å². The van der Waals surface area contributed by atoms with Crippen LogP contribution >= 0.6 is 27.7 Å². The maximum atomic E-state index is 13.0. The number of amides is 1. The molecular weight excluding hydrogens is 421 g/mol. The zero-order valence-electron chi connectivity index (χ0n) is 13.2. The van der Waals surface area contributed by atoms with Gasteiger partial charge in [-0.1, -0.05) is 15.9 Å². The van der Waals surface area contributed by atoms with Crippen LogP contribution in [0.3, 0.4) is 0 Å². The van der Waals surface area contributed by atoms with E-state index in [1.54, 1.807) is 24.3 Å². The number of thioether (sulfide) groups is 1. The molecule has 0 radical (unpaired) electrons. The van der Waals surface area contributed by atoms with Crippen molar-refractivity contribution in [2.24, 2.45) is 4.99 Å². The second-order valence-corrected chi connectivity index (χ2v) is 7.03. The van der Waals surface area contributed by atoms with E-state index in [0.29, 0.717) is 27.1 Å². The predicted molar refractivity (Wildman–Crippen MR) is 102 cm³/mol. The number of nitriles is 1. The van der Waals surface area contributed by atoms with Gasteiger partial charge in [-0.3, -0.25) is 4.79 Å². The third-order valence-electron chi connectivity index (χ3n) is 3.26. The van der Waals surface area contributed by atoms with Crippen LogP contribution in [0.2, 0.25) is 0 Å². The Hall–Kier alpha value is -2.63. The van der Waals surface area contributed by atoms with E-state index < -0.39 is 0 Å². The first-order valence-electron chi connectivity index (χ1n) is 7.39. The Balaban J connectivity index is 1.86. The minimum atomic E-state index is -0.350. The molecule has 0 unspecified atom stereocenters. The maximum absolute atomic E-state index is 13.0. The van der Waals surface area contributed by atoms with Crippen molar-refractivity contribution in [1.82, 2.24) is 5.32 Å². The number of carbonyl (C=O) groups is 1. The molecule has 1 fully saturated rings. The fourth-order valence-corrected chi connectivity index (χ4v) is 3.34. The summed E-state index contributed by atoms with van der Waals surface area (Å²) < 4.78 is 19.2. The third kappa shape index (κ3) is 4.50. The van der Waals surface area contributed by atoms with Gasteiger partial charge < -0.3 is 10.1 Å². The van der Waals surface area contributed by atoms with Gasteiger partial charge in [0, 0.05) is 10.0 Å². The fourth-order valence-electron chi connectivity index (χ4n) is 2.13. The first-order chi connectivity index (χ1) is 12.5. The van der Waals surface area contributed by atoms with Crippen LogP contribution in [0.1, 0.15) is 5.56 Å². The molecular formula is C18H11BrFN3O2S. The summed E-state index contributed by atoms with van der Waals surface area (Å²) in [5.74, 6) is -0.140. The summed E-state index contributed by atoms with van der Waals surface area (Å²) in [4.78, 5) is 16.9. The second-order valence-electron chi connectivity index (χ2n) is 5.09. The van der Waals surface area contributed by atoms with Crippen molar-refractivity contribution in [3.05, 3.63) is 63.2 Å². The summed E-state index contributed by atoms with van der Waals surface area (Å²) in [5, 5.41) is 11.8. The summed E-state index contributed by atoms with van der Waals surface area (Å²) in [6.07, 6.45) is 1.67. The predicted octanol–water partition coefficient (Wildman–Crippen LogP) is 4.38. The standard InChI is InChI=1S/C18H11BrFN3O2S/c19-12-1-6-15(25-8-7-21)11(9-12)10-16-17(24)23-18(26-16)22-14-4-2-13(20)3-5-14/h1-6,9-10H,8H2,(H,22,23,24)/b16-10+. The number of amidine groups is 1. The van der Waals surface area contributed by atoms with E-state index in [1.807, 2.05) is 6.07 Å². The molecule has 0 aliphatic carbocycles. The van der Waals surface area contributed by atoms with Crippen LogP contribution in [0.5, 0.6) is 5.75 Å². The van der Waals surface area contributed by atoms with Crippen molar-refractivity contribution < 1.29 is 13.9 Å². The number of aliphatic imine (C=N–C) groups is 1. The number of benzene rings is 2. The zero-order valence-corrected chi connectivity index (χ0v) is 15.6. The smallest absolute Gasteiger partial charge is 0.264 e. The lowest BCUT2D eigenvalue weighted by Crippen LogP contribution is -2.19. The monoisotopic (exact) mass is 431 g/mol. The van der Waals surface area contributed by atoms with E-state index in [2.05, 4.69) is 26.2 Å². The van der Waals surface area contributed by atoms with E-state index in [4.69, 9.17) is 10.00 Å². The average Bonchev–Trinajstić information content (AvgIpc) is 2.95. The van der Waals surface area contributed by atoms with Crippen LogP contribution in [0.4, 0.5) is 10.1 Å². The Labute approximate surface area is 161 Å². The molecule has 1 amide bonds. The van der Waals surface area contributed by atoms with E-state index in [9.17, 15) is 9.18 Å².